The van der Waals surface area contributed by atoms with Crippen LogP contribution >= 0.6 is 11.6 Å². The van der Waals surface area contributed by atoms with Crippen molar-refractivity contribution in [2.45, 2.75) is 32.7 Å². The predicted molar refractivity (Wildman–Crippen MR) is 127 cm³/mol. The van der Waals surface area contributed by atoms with E-state index in [9.17, 15) is 14.4 Å². The van der Waals surface area contributed by atoms with Crippen molar-refractivity contribution in [1.82, 2.24) is 15.5 Å². The fourth-order valence-corrected chi connectivity index (χ4v) is 4.18. The Labute approximate surface area is 199 Å². The minimum absolute atomic E-state index is 0.130. The number of nitrogens with zero attached hydrogens (tertiary/aromatic N) is 1. The molecule has 33 heavy (non-hydrogen) atoms. The van der Waals surface area contributed by atoms with Crippen LogP contribution in [0.5, 0.6) is 5.75 Å². The lowest BCUT2D eigenvalue weighted by Gasteiger charge is -2.27. The average molecular weight is 472 g/mol. The molecule has 1 heterocycles. The van der Waals surface area contributed by atoms with Gasteiger partial charge in [0.25, 0.3) is 0 Å². The van der Waals surface area contributed by atoms with Crippen LogP contribution in [0.4, 0.5) is 4.79 Å². The molecule has 7 nitrogen and oxygen atoms in total. The standard InChI is InChI=1S/C25H30ClN3O4/c1-16(2)11-21(17-7-5-4-6-8-17)28-25(32)29-15-23(30)27-14-19(24(29)31)12-18-13-20(26)9-10-22(18)33-3/h4-10,13,16,19,21H,11-12,14-15H2,1-3H3,(H,27,30)(H,28,32). The number of amides is 4. The van der Waals surface area contributed by atoms with E-state index in [-0.39, 0.29) is 31.5 Å². The van der Waals surface area contributed by atoms with Crippen LogP contribution in [-0.2, 0) is 16.0 Å². The van der Waals surface area contributed by atoms with Gasteiger partial charge < -0.3 is 15.4 Å². The Balaban J connectivity index is 1.81. The molecule has 1 aliphatic heterocycles. The van der Waals surface area contributed by atoms with Crippen LogP contribution in [0.2, 0.25) is 5.02 Å². The largest absolute Gasteiger partial charge is 0.496 e. The van der Waals surface area contributed by atoms with E-state index < -0.39 is 17.9 Å². The highest BCUT2D eigenvalue weighted by atomic mass is 35.5. The molecule has 3 rings (SSSR count). The molecule has 4 amide bonds. The van der Waals surface area contributed by atoms with Gasteiger partial charge >= 0.3 is 6.03 Å². The number of imide groups is 1. The first-order valence-corrected chi connectivity index (χ1v) is 11.4. The summed E-state index contributed by atoms with van der Waals surface area (Å²) in [5.41, 5.74) is 1.69. The van der Waals surface area contributed by atoms with Crippen molar-refractivity contribution in [1.29, 1.82) is 0 Å². The molecule has 0 radical (unpaired) electrons. The normalized spacial score (nSPS) is 17.4. The van der Waals surface area contributed by atoms with Crippen LogP contribution in [0.15, 0.2) is 48.5 Å². The van der Waals surface area contributed by atoms with Crippen LogP contribution in [0.25, 0.3) is 0 Å². The zero-order valence-corrected chi connectivity index (χ0v) is 19.9. The first kappa shape index (κ1) is 24.6. The smallest absolute Gasteiger partial charge is 0.325 e. The number of carbonyl (C=O) groups is 3. The molecule has 0 aliphatic carbocycles. The second kappa shape index (κ2) is 11.2. The van der Waals surface area contributed by atoms with Gasteiger partial charge in [-0.1, -0.05) is 55.8 Å². The number of rotatable bonds is 7. The fraction of sp³-hybridized carbons (Fsp3) is 0.400. The molecule has 1 fully saturated rings. The van der Waals surface area contributed by atoms with Gasteiger partial charge in [-0.25, -0.2) is 4.79 Å². The Kier molecular flexibility index (Phi) is 8.33. The molecular weight excluding hydrogens is 442 g/mol. The number of hydrogen-bond acceptors (Lipinski definition) is 4. The Morgan fingerprint density at radius 2 is 1.94 bits per heavy atom. The van der Waals surface area contributed by atoms with Crippen molar-refractivity contribution in [2.75, 3.05) is 20.2 Å². The van der Waals surface area contributed by atoms with Crippen molar-refractivity contribution >= 4 is 29.4 Å². The molecule has 0 saturated carbocycles. The molecule has 0 spiro atoms. The highest BCUT2D eigenvalue weighted by Crippen LogP contribution is 2.27. The first-order valence-electron chi connectivity index (χ1n) is 11.0. The lowest BCUT2D eigenvalue weighted by Crippen LogP contribution is -2.48. The number of methoxy groups -OCH3 is 1. The minimum Gasteiger partial charge on any atom is -0.496 e. The van der Waals surface area contributed by atoms with Gasteiger partial charge in [0.2, 0.25) is 11.8 Å². The Morgan fingerprint density at radius 1 is 1.21 bits per heavy atom. The van der Waals surface area contributed by atoms with E-state index in [0.29, 0.717) is 23.1 Å². The number of urea groups is 1. The van der Waals surface area contributed by atoms with E-state index >= 15 is 0 Å². The van der Waals surface area contributed by atoms with Crippen LogP contribution in [0.1, 0.15) is 37.4 Å². The van der Waals surface area contributed by atoms with Crippen LogP contribution in [0.3, 0.4) is 0 Å². The summed E-state index contributed by atoms with van der Waals surface area (Å²) in [6, 6.07) is 13.9. The fourth-order valence-electron chi connectivity index (χ4n) is 3.99. The predicted octanol–water partition coefficient (Wildman–Crippen LogP) is 3.96. The number of benzene rings is 2. The second-order valence-electron chi connectivity index (χ2n) is 8.63. The molecule has 2 aromatic carbocycles. The molecule has 2 atom stereocenters. The quantitative estimate of drug-likeness (QED) is 0.639. The van der Waals surface area contributed by atoms with E-state index in [1.54, 1.807) is 25.3 Å². The van der Waals surface area contributed by atoms with Crippen molar-refractivity contribution in [3.63, 3.8) is 0 Å². The molecule has 1 saturated heterocycles. The van der Waals surface area contributed by atoms with E-state index in [2.05, 4.69) is 24.5 Å². The molecular formula is C25H30ClN3O4. The molecule has 176 valence electrons. The van der Waals surface area contributed by atoms with Crippen molar-refractivity contribution in [2.24, 2.45) is 11.8 Å². The number of ether oxygens (including phenoxy) is 1. The SMILES string of the molecule is COc1ccc(Cl)cc1CC1CNC(=O)CN(C(=O)NC(CC(C)C)c2ccccc2)C1=O. The Morgan fingerprint density at radius 3 is 2.61 bits per heavy atom. The minimum atomic E-state index is -0.630. The average Bonchev–Trinajstić information content (AvgIpc) is 2.92. The first-order chi connectivity index (χ1) is 15.8. The Hall–Kier alpha value is -3.06. The van der Waals surface area contributed by atoms with Crippen molar-refractivity contribution < 1.29 is 19.1 Å². The molecule has 8 heteroatoms. The topological polar surface area (TPSA) is 87.7 Å². The van der Waals surface area contributed by atoms with Gasteiger partial charge in [-0.05, 0) is 48.1 Å². The summed E-state index contributed by atoms with van der Waals surface area (Å²) in [5.74, 6) is -0.500. The van der Waals surface area contributed by atoms with Crippen molar-refractivity contribution in [3.05, 3.63) is 64.7 Å². The van der Waals surface area contributed by atoms with E-state index in [1.165, 1.54) is 0 Å². The van der Waals surface area contributed by atoms with Crippen LogP contribution in [0, 0.1) is 11.8 Å². The Bertz CT molecular complexity index is 996. The number of nitrogens with one attached hydrogen (secondary N) is 2. The summed E-state index contributed by atoms with van der Waals surface area (Å²) in [7, 11) is 1.54. The summed E-state index contributed by atoms with van der Waals surface area (Å²) >= 11 is 6.13. The lowest BCUT2D eigenvalue weighted by molar-refractivity contribution is -0.133. The van der Waals surface area contributed by atoms with Gasteiger partial charge in [-0.15, -0.1) is 0 Å². The maximum atomic E-state index is 13.4. The van der Waals surface area contributed by atoms with Gasteiger partial charge in [0.1, 0.15) is 12.3 Å². The monoisotopic (exact) mass is 471 g/mol. The van der Waals surface area contributed by atoms with E-state index in [4.69, 9.17) is 16.3 Å². The van der Waals surface area contributed by atoms with Gasteiger partial charge in [0, 0.05) is 11.6 Å². The molecule has 0 bridgehead atoms. The lowest BCUT2D eigenvalue weighted by atomic mass is 9.96. The molecule has 2 unspecified atom stereocenters. The third-order valence-corrected chi connectivity index (χ3v) is 5.86. The molecule has 2 aromatic rings. The third kappa shape index (κ3) is 6.48. The summed E-state index contributed by atoms with van der Waals surface area (Å²) in [6.45, 7) is 3.95. The molecule has 0 aromatic heterocycles. The van der Waals surface area contributed by atoms with Gasteiger partial charge in [0.15, 0.2) is 0 Å². The van der Waals surface area contributed by atoms with Crippen LogP contribution in [-0.4, -0.2) is 42.9 Å². The van der Waals surface area contributed by atoms with Crippen molar-refractivity contribution in [3.8, 4) is 5.75 Å². The summed E-state index contributed by atoms with van der Waals surface area (Å²) < 4.78 is 5.39. The maximum absolute atomic E-state index is 13.4. The highest BCUT2D eigenvalue weighted by molar-refractivity contribution is 6.30. The van der Waals surface area contributed by atoms with E-state index in [0.717, 1.165) is 16.0 Å². The van der Waals surface area contributed by atoms with Gasteiger partial charge in [-0.3, -0.25) is 14.5 Å². The summed E-state index contributed by atoms with van der Waals surface area (Å²) in [5, 5.41) is 6.23. The van der Waals surface area contributed by atoms with Gasteiger partial charge in [-0.2, -0.15) is 0 Å². The third-order valence-electron chi connectivity index (χ3n) is 5.62. The highest BCUT2D eigenvalue weighted by Gasteiger charge is 2.35. The van der Waals surface area contributed by atoms with E-state index in [1.807, 2.05) is 30.3 Å². The number of halogens is 1. The molecule has 1 aliphatic rings. The number of carbonyl (C=O) groups excluding carboxylic acids is 3. The summed E-state index contributed by atoms with van der Waals surface area (Å²) in [4.78, 5) is 39.9. The zero-order valence-electron chi connectivity index (χ0n) is 19.1. The van der Waals surface area contributed by atoms with Gasteiger partial charge in [0.05, 0.1) is 19.1 Å². The number of hydrogen-bond donors (Lipinski definition) is 2. The summed E-state index contributed by atoms with van der Waals surface area (Å²) in [6.07, 6.45) is 0.980. The molecule has 2 N–H and O–H groups in total. The second-order valence-corrected chi connectivity index (χ2v) is 9.06. The van der Waals surface area contributed by atoms with Crippen LogP contribution < -0.4 is 15.4 Å². The zero-order chi connectivity index (χ0) is 24.0. The maximum Gasteiger partial charge on any atom is 0.325 e.